The van der Waals surface area contributed by atoms with Crippen molar-refractivity contribution in [2.45, 2.75) is 19.4 Å². The highest BCUT2D eigenvalue weighted by molar-refractivity contribution is 5.42. The molecule has 1 unspecified atom stereocenters. The van der Waals surface area contributed by atoms with Crippen molar-refractivity contribution < 1.29 is 4.74 Å². The molecule has 2 nitrogen and oxygen atoms in total. The summed E-state index contributed by atoms with van der Waals surface area (Å²) in [6, 6.07) is 6.35. The summed E-state index contributed by atoms with van der Waals surface area (Å²) in [6.07, 6.45) is 1.05. The molecule has 1 aromatic rings. The van der Waals surface area contributed by atoms with E-state index in [0.29, 0.717) is 6.61 Å². The molecule has 0 aromatic heterocycles. The van der Waals surface area contributed by atoms with Crippen LogP contribution in [0, 0.1) is 0 Å². The van der Waals surface area contributed by atoms with Crippen molar-refractivity contribution in [1.82, 2.24) is 0 Å². The van der Waals surface area contributed by atoms with Crippen LogP contribution in [0.3, 0.4) is 0 Å². The lowest BCUT2D eigenvalue weighted by Crippen LogP contribution is -2.10. The van der Waals surface area contributed by atoms with Gasteiger partial charge in [0.25, 0.3) is 0 Å². The molecule has 0 saturated carbocycles. The van der Waals surface area contributed by atoms with Crippen molar-refractivity contribution in [2.24, 2.45) is 5.73 Å². The van der Waals surface area contributed by atoms with Crippen LogP contribution in [0.4, 0.5) is 0 Å². The maximum atomic E-state index is 5.81. The largest absolute Gasteiger partial charge is 0.491 e. The molecule has 0 saturated heterocycles. The van der Waals surface area contributed by atoms with Crippen LogP contribution in [0.2, 0.25) is 0 Å². The molecule has 2 rings (SSSR count). The van der Waals surface area contributed by atoms with Crippen LogP contribution in [-0.4, -0.2) is 6.61 Å². The van der Waals surface area contributed by atoms with Gasteiger partial charge in [-0.2, -0.15) is 0 Å². The second-order valence-electron chi connectivity index (χ2n) is 3.14. The number of nitrogens with two attached hydrogens (primary N) is 1. The van der Waals surface area contributed by atoms with Crippen molar-refractivity contribution >= 4 is 0 Å². The quantitative estimate of drug-likeness (QED) is 0.683. The average molecular weight is 163 g/mol. The van der Waals surface area contributed by atoms with Crippen molar-refractivity contribution in [2.75, 3.05) is 6.61 Å². The predicted molar refractivity (Wildman–Crippen MR) is 48.2 cm³/mol. The van der Waals surface area contributed by atoms with E-state index in [9.17, 15) is 0 Å². The fraction of sp³-hybridized carbons (Fsp3) is 0.400. The number of benzene rings is 1. The van der Waals surface area contributed by atoms with Crippen molar-refractivity contribution in [1.29, 1.82) is 0 Å². The Labute approximate surface area is 72.3 Å². The van der Waals surface area contributed by atoms with E-state index in [-0.39, 0.29) is 6.04 Å². The normalized spacial score (nSPS) is 20.3. The summed E-state index contributed by atoms with van der Waals surface area (Å²) >= 11 is 0. The zero-order valence-electron chi connectivity index (χ0n) is 7.21. The van der Waals surface area contributed by atoms with E-state index < -0.39 is 0 Å². The van der Waals surface area contributed by atoms with Crippen LogP contribution >= 0.6 is 0 Å². The minimum absolute atomic E-state index is 0.0749. The molecule has 2 heteroatoms. The van der Waals surface area contributed by atoms with Crippen LogP contribution in [-0.2, 0) is 6.42 Å². The van der Waals surface area contributed by atoms with Crippen LogP contribution in [0.5, 0.6) is 5.75 Å². The molecule has 0 amide bonds. The number of aryl methyl sites for hydroxylation is 1. The smallest absolute Gasteiger partial charge is 0.124 e. The number of fused-ring (bicyclic) bond motifs is 1. The maximum absolute atomic E-state index is 5.81. The predicted octanol–water partition coefficient (Wildman–Crippen LogP) is 1.64. The summed E-state index contributed by atoms with van der Waals surface area (Å²) in [4.78, 5) is 0. The van der Waals surface area contributed by atoms with E-state index in [1.54, 1.807) is 0 Å². The number of rotatable bonds is 1. The number of hydrogen-bond donors (Lipinski definition) is 1. The first kappa shape index (κ1) is 7.62. The lowest BCUT2D eigenvalue weighted by Gasteiger charge is -2.01. The number of ether oxygens (including phenoxy) is 1. The Balaban J connectivity index is 2.41. The third-order valence-electron chi connectivity index (χ3n) is 2.30. The van der Waals surface area contributed by atoms with Crippen LogP contribution in [0.25, 0.3) is 0 Å². The zero-order chi connectivity index (χ0) is 8.55. The SMILES string of the molecule is CCc1ccc2c(c1)OCC2N. The van der Waals surface area contributed by atoms with Gasteiger partial charge in [0.1, 0.15) is 12.4 Å². The molecule has 0 aliphatic carbocycles. The molecule has 1 aromatic carbocycles. The second kappa shape index (κ2) is 2.79. The van der Waals surface area contributed by atoms with Gasteiger partial charge in [0.15, 0.2) is 0 Å². The molecule has 64 valence electrons. The molecule has 0 radical (unpaired) electrons. The van der Waals surface area contributed by atoms with Gasteiger partial charge < -0.3 is 10.5 Å². The van der Waals surface area contributed by atoms with Crippen LogP contribution in [0.1, 0.15) is 24.1 Å². The minimum Gasteiger partial charge on any atom is -0.491 e. The molecule has 1 heterocycles. The average Bonchev–Trinajstić information content (AvgIpc) is 2.47. The van der Waals surface area contributed by atoms with E-state index in [0.717, 1.165) is 17.7 Å². The summed E-state index contributed by atoms with van der Waals surface area (Å²) < 4.78 is 5.43. The lowest BCUT2D eigenvalue weighted by atomic mass is 10.1. The highest BCUT2D eigenvalue weighted by Crippen LogP contribution is 2.31. The Morgan fingerprint density at radius 3 is 3.17 bits per heavy atom. The summed E-state index contributed by atoms with van der Waals surface area (Å²) in [5, 5.41) is 0. The van der Waals surface area contributed by atoms with Gasteiger partial charge in [-0.3, -0.25) is 0 Å². The number of hydrogen-bond acceptors (Lipinski definition) is 2. The zero-order valence-corrected chi connectivity index (χ0v) is 7.21. The summed E-state index contributed by atoms with van der Waals surface area (Å²) in [6.45, 7) is 2.76. The molecule has 12 heavy (non-hydrogen) atoms. The van der Waals surface area contributed by atoms with Crippen molar-refractivity contribution in [3.63, 3.8) is 0 Å². The standard InChI is InChI=1S/C10H13NO/c1-2-7-3-4-8-9(11)6-12-10(8)5-7/h3-5,9H,2,6,11H2,1H3. The molecule has 1 aliphatic rings. The van der Waals surface area contributed by atoms with Gasteiger partial charge in [0, 0.05) is 5.56 Å². The van der Waals surface area contributed by atoms with Crippen molar-refractivity contribution in [3.05, 3.63) is 29.3 Å². The molecule has 0 fully saturated rings. The Kier molecular flexibility index (Phi) is 1.77. The van der Waals surface area contributed by atoms with E-state index in [2.05, 4.69) is 25.1 Å². The molecule has 0 bridgehead atoms. The van der Waals surface area contributed by atoms with E-state index >= 15 is 0 Å². The Morgan fingerprint density at radius 1 is 1.58 bits per heavy atom. The van der Waals surface area contributed by atoms with Crippen LogP contribution in [0.15, 0.2) is 18.2 Å². The molecule has 0 spiro atoms. The van der Waals surface area contributed by atoms with E-state index in [1.807, 2.05) is 0 Å². The van der Waals surface area contributed by atoms with Gasteiger partial charge in [-0.1, -0.05) is 19.1 Å². The van der Waals surface area contributed by atoms with E-state index in [1.165, 1.54) is 5.56 Å². The monoisotopic (exact) mass is 163 g/mol. The van der Waals surface area contributed by atoms with Crippen LogP contribution < -0.4 is 10.5 Å². The molecular weight excluding hydrogens is 150 g/mol. The fourth-order valence-electron chi connectivity index (χ4n) is 1.50. The van der Waals surface area contributed by atoms with Gasteiger partial charge in [0.05, 0.1) is 6.04 Å². The topological polar surface area (TPSA) is 35.2 Å². The van der Waals surface area contributed by atoms with Gasteiger partial charge in [0.2, 0.25) is 0 Å². The molecular formula is C10H13NO. The molecule has 1 aliphatic heterocycles. The highest BCUT2D eigenvalue weighted by atomic mass is 16.5. The first-order valence-corrected chi connectivity index (χ1v) is 4.32. The van der Waals surface area contributed by atoms with Gasteiger partial charge in [-0.05, 0) is 18.1 Å². The summed E-state index contributed by atoms with van der Waals surface area (Å²) in [7, 11) is 0. The lowest BCUT2D eigenvalue weighted by molar-refractivity contribution is 0.333. The highest BCUT2D eigenvalue weighted by Gasteiger charge is 2.19. The first-order chi connectivity index (χ1) is 5.81. The third-order valence-corrected chi connectivity index (χ3v) is 2.30. The maximum Gasteiger partial charge on any atom is 0.124 e. The second-order valence-corrected chi connectivity index (χ2v) is 3.14. The van der Waals surface area contributed by atoms with Crippen molar-refractivity contribution in [3.8, 4) is 5.75 Å². The van der Waals surface area contributed by atoms with E-state index in [4.69, 9.17) is 10.5 Å². The Morgan fingerprint density at radius 2 is 2.42 bits per heavy atom. The minimum atomic E-state index is 0.0749. The fourth-order valence-corrected chi connectivity index (χ4v) is 1.50. The molecule has 1 atom stereocenters. The summed E-state index contributed by atoms with van der Waals surface area (Å²) in [5.74, 6) is 0.974. The third kappa shape index (κ3) is 1.08. The Bertz CT molecular complexity index is 296. The molecule has 2 N–H and O–H groups in total. The van der Waals surface area contributed by atoms with Gasteiger partial charge in [-0.25, -0.2) is 0 Å². The first-order valence-electron chi connectivity index (χ1n) is 4.32. The Hall–Kier alpha value is -1.02. The van der Waals surface area contributed by atoms with Gasteiger partial charge >= 0.3 is 0 Å². The van der Waals surface area contributed by atoms with Gasteiger partial charge in [-0.15, -0.1) is 0 Å². The summed E-state index contributed by atoms with van der Waals surface area (Å²) in [5.41, 5.74) is 8.27.